The quantitative estimate of drug-likeness (QED) is 0.567. The molecule has 4 rings (SSSR count). The van der Waals surface area contributed by atoms with Gasteiger partial charge >= 0.3 is 11.9 Å². The molecule has 0 bridgehead atoms. The van der Waals surface area contributed by atoms with Crippen molar-refractivity contribution in [2.75, 3.05) is 13.2 Å². The third kappa shape index (κ3) is 5.64. The zero-order valence-electron chi connectivity index (χ0n) is 18.9. The van der Waals surface area contributed by atoms with Crippen molar-refractivity contribution in [1.82, 2.24) is 0 Å². The fourth-order valence-electron chi connectivity index (χ4n) is 4.43. The standard InChI is InChI=1S/C26H30O8/c27-16-20(32-24(29)18-10-4-1-5-11-18)23(33-25(30)19-12-6-2-7-13-19)22(28)21-17-31-26(34-21)14-8-3-9-15-26/h1-2,4-7,10-13,20-23,27-28H,3,8-9,14-17H2/t20-,21-,22-,23+/m1/s1. The largest absolute Gasteiger partial charge is 0.452 e. The molecule has 8 nitrogen and oxygen atoms in total. The molecular formula is C26H30O8. The van der Waals surface area contributed by atoms with Crippen molar-refractivity contribution in [3.63, 3.8) is 0 Å². The van der Waals surface area contributed by atoms with Gasteiger partial charge in [0.25, 0.3) is 0 Å². The molecule has 2 fully saturated rings. The molecule has 0 radical (unpaired) electrons. The molecule has 4 atom stereocenters. The Morgan fingerprint density at radius 3 is 2.03 bits per heavy atom. The van der Waals surface area contributed by atoms with Crippen LogP contribution in [0.4, 0.5) is 0 Å². The first-order valence-corrected chi connectivity index (χ1v) is 11.6. The lowest BCUT2D eigenvalue weighted by atomic mass is 9.94. The molecule has 2 aromatic rings. The summed E-state index contributed by atoms with van der Waals surface area (Å²) in [4.78, 5) is 25.5. The molecule has 1 saturated heterocycles. The summed E-state index contributed by atoms with van der Waals surface area (Å²) < 4.78 is 23.1. The fourth-order valence-corrected chi connectivity index (χ4v) is 4.43. The average Bonchev–Trinajstić information content (AvgIpc) is 3.29. The van der Waals surface area contributed by atoms with E-state index in [2.05, 4.69) is 0 Å². The zero-order chi connectivity index (χ0) is 24.0. The van der Waals surface area contributed by atoms with Crippen molar-refractivity contribution in [2.45, 2.75) is 62.3 Å². The van der Waals surface area contributed by atoms with E-state index in [1.165, 1.54) is 0 Å². The van der Waals surface area contributed by atoms with Crippen molar-refractivity contribution in [1.29, 1.82) is 0 Å². The molecule has 1 spiro atoms. The zero-order valence-corrected chi connectivity index (χ0v) is 18.9. The van der Waals surface area contributed by atoms with Crippen LogP contribution >= 0.6 is 0 Å². The summed E-state index contributed by atoms with van der Waals surface area (Å²) in [5.41, 5.74) is 0.531. The van der Waals surface area contributed by atoms with Crippen LogP contribution in [0.2, 0.25) is 0 Å². The predicted octanol–water partition coefficient (Wildman–Crippen LogP) is 2.87. The number of carbonyl (C=O) groups is 2. The van der Waals surface area contributed by atoms with Gasteiger partial charge in [-0.1, -0.05) is 42.8 Å². The van der Waals surface area contributed by atoms with Crippen molar-refractivity contribution in [3.05, 3.63) is 71.8 Å². The van der Waals surface area contributed by atoms with Crippen LogP contribution in [0.15, 0.2) is 60.7 Å². The Kier molecular flexibility index (Phi) is 7.95. The fraction of sp³-hybridized carbons (Fsp3) is 0.462. The summed E-state index contributed by atoms with van der Waals surface area (Å²) in [6, 6.07) is 16.5. The maximum absolute atomic E-state index is 12.8. The molecular weight excluding hydrogens is 440 g/mol. The second-order valence-corrected chi connectivity index (χ2v) is 8.66. The minimum absolute atomic E-state index is 0.103. The van der Waals surface area contributed by atoms with Crippen LogP contribution in [-0.2, 0) is 18.9 Å². The predicted molar refractivity (Wildman–Crippen MR) is 121 cm³/mol. The minimum atomic E-state index is -1.39. The molecule has 0 aromatic heterocycles. The Hall–Kier alpha value is -2.78. The molecule has 8 heteroatoms. The van der Waals surface area contributed by atoms with Gasteiger partial charge in [-0.3, -0.25) is 0 Å². The number of esters is 2. The highest BCUT2D eigenvalue weighted by Gasteiger charge is 2.48. The first-order chi connectivity index (χ1) is 16.5. The molecule has 1 saturated carbocycles. The highest BCUT2D eigenvalue weighted by atomic mass is 16.7. The topological polar surface area (TPSA) is 112 Å². The maximum Gasteiger partial charge on any atom is 0.338 e. The van der Waals surface area contributed by atoms with Gasteiger partial charge in [0.05, 0.1) is 24.3 Å². The van der Waals surface area contributed by atoms with Crippen LogP contribution in [-0.4, -0.2) is 65.6 Å². The van der Waals surface area contributed by atoms with Gasteiger partial charge in [-0.25, -0.2) is 9.59 Å². The lowest BCUT2D eigenvalue weighted by molar-refractivity contribution is -0.205. The Morgan fingerprint density at radius 2 is 1.47 bits per heavy atom. The summed E-state index contributed by atoms with van der Waals surface area (Å²) in [5.74, 6) is -2.18. The molecule has 2 aliphatic rings. The number of carbonyl (C=O) groups excluding carboxylic acids is 2. The Bertz CT molecular complexity index is 942. The van der Waals surface area contributed by atoms with E-state index < -0.39 is 48.7 Å². The lowest BCUT2D eigenvalue weighted by Gasteiger charge is -2.34. The van der Waals surface area contributed by atoms with Gasteiger partial charge in [0, 0.05) is 12.8 Å². The number of aliphatic hydroxyl groups is 2. The van der Waals surface area contributed by atoms with Gasteiger partial charge in [0.2, 0.25) is 0 Å². The van der Waals surface area contributed by atoms with Gasteiger partial charge in [-0.05, 0) is 37.1 Å². The summed E-state index contributed by atoms with van der Waals surface area (Å²) in [6.45, 7) is -0.563. The third-order valence-electron chi connectivity index (χ3n) is 6.28. The maximum atomic E-state index is 12.8. The summed E-state index contributed by atoms with van der Waals surface area (Å²) in [7, 11) is 0. The van der Waals surface area contributed by atoms with Gasteiger partial charge in [-0.15, -0.1) is 0 Å². The van der Waals surface area contributed by atoms with Crippen LogP contribution < -0.4 is 0 Å². The minimum Gasteiger partial charge on any atom is -0.452 e. The highest BCUT2D eigenvalue weighted by molar-refractivity contribution is 5.90. The van der Waals surface area contributed by atoms with E-state index in [1.807, 2.05) is 0 Å². The first kappa shape index (κ1) is 24.3. The molecule has 34 heavy (non-hydrogen) atoms. The van der Waals surface area contributed by atoms with Crippen LogP contribution in [0.1, 0.15) is 52.8 Å². The van der Waals surface area contributed by atoms with Gasteiger partial charge in [0.15, 0.2) is 18.0 Å². The molecule has 2 N–H and O–H groups in total. The van der Waals surface area contributed by atoms with E-state index in [1.54, 1.807) is 60.7 Å². The average molecular weight is 471 g/mol. The third-order valence-corrected chi connectivity index (χ3v) is 6.28. The monoisotopic (exact) mass is 470 g/mol. The van der Waals surface area contributed by atoms with Crippen molar-refractivity contribution < 1.29 is 38.7 Å². The number of rotatable bonds is 8. The van der Waals surface area contributed by atoms with Crippen LogP contribution in [0.5, 0.6) is 0 Å². The number of ether oxygens (including phenoxy) is 4. The van der Waals surface area contributed by atoms with E-state index in [0.717, 1.165) is 32.1 Å². The molecule has 2 aromatic carbocycles. The summed E-state index contributed by atoms with van der Waals surface area (Å²) in [6.07, 6.45) is -0.438. The highest BCUT2D eigenvalue weighted by Crippen LogP contribution is 2.39. The van der Waals surface area contributed by atoms with E-state index >= 15 is 0 Å². The van der Waals surface area contributed by atoms with Crippen LogP contribution in [0.3, 0.4) is 0 Å². The van der Waals surface area contributed by atoms with Crippen molar-refractivity contribution in [2.24, 2.45) is 0 Å². The first-order valence-electron chi connectivity index (χ1n) is 11.6. The number of aliphatic hydroxyl groups excluding tert-OH is 2. The molecule has 1 aliphatic heterocycles. The van der Waals surface area contributed by atoms with E-state index in [0.29, 0.717) is 0 Å². The number of benzene rings is 2. The molecule has 1 heterocycles. The summed E-state index contributed by atoms with van der Waals surface area (Å²) in [5, 5.41) is 21.3. The lowest BCUT2D eigenvalue weighted by Crippen LogP contribution is -2.51. The van der Waals surface area contributed by atoms with Crippen molar-refractivity contribution in [3.8, 4) is 0 Å². The van der Waals surface area contributed by atoms with Gasteiger partial charge < -0.3 is 29.2 Å². The Balaban J connectivity index is 1.53. The van der Waals surface area contributed by atoms with Crippen molar-refractivity contribution >= 4 is 11.9 Å². The van der Waals surface area contributed by atoms with E-state index in [4.69, 9.17) is 18.9 Å². The van der Waals surface area contributed by atoms with Gasteiger partial charge in [0.1, 0.15) is 12.2 Å². The van der Waals surface area contributed by atoms with Gasteiger partial charge in [-0.2, -0.15) is 0 Å². The normalized spacial score (nSPS) is 22.0. The van der Waals surface area contributed by atoms with Crippen LogP contribution in [0, 0.1) is 0 Å². The number of hydrogen-bond donors (Lipinski definition) is 2. The van der Waals surface area contributed by atoms with E-state index in [9.17, 15) is 19.8 Å². The molecule has 0 unspecified atom stereocenters. The molecule has 1 aliphatic carbocycles. The van der Waals surface area contributed by atoms with Crippen LogP contribution in [0.25, 0.3) is 0 Å². The molecule has 0 amide bonds. The second-order valence-electron chi connectivity index (χ2n) is 8.66. The smallest absolute Gasteiger partial charge is 0.338 e. The van der Waals surface area contributed by atoms with E-state index in [-0.39, 0.29) is 17.7 Å². The summed E-state index contributed by atoms with van der Waals surface area (Å²) >= 11 is 0. The Morgan fingerprint density at radius 1 is 0.912 bits per heavy atom. The number of hydrogen-bond acceptors (Lipinski definition) is 8. The SMILES string of the molecule is O=C(O[C@H]([C@H](O)[C@H]1COC2(CCCCC2)O1)[C@@H](CO)OC(=O)c1ccccc1)c1ccccc1. The second kappa shape index (κ2) is 11.1. The molecule has 182 valence electrons. The Labute approximate surface area is 198 Å².